The summed E-state index contributed by atoms with van der Waals surface area (Å²) in [6, 6.07) is 0. The van der Waals surface area contributed by atoms with Gasteiger partial charge in [-0.3, -0.25) is 4.21 Å². The van der Waals surface area contributed by atoms with Gasteiger partial charge in [-0.25, -0.2) is 4.31 Å². The Morgan fingerprint density at radius 2 is 2.21 bits per heavy atom. The highest BCUT2D eigenvalue weighted by atomic mass is 32.2. The van der Waals surface area contributed by atoms with Crippen LogP contribution in [0.2, 0.25) is 0 Å². The van der Waals surface area contributed by atoms with E-state index in [2.05, 4.69) is 0 Å². The van der Waals surface area contributed by atoms with Crippen LogP contribution in [0.5, 0.6) is 0 Å². The number of aliphatic hydroxyl groups is 1. The predicted octanol–water partition coefficient (Wildman–Crippen LogP) is -0.110. The number of rotatable bonds is 8. The summed E-state index contributed by atoms with van der Waals surface area (Å²) >= 11 is -2.26. The van der Waals surface area contributed by atoms with Crippen LogP contribution in [0.4, 0.5) is 0 Å². The molecule has 1 N–H and O–H groups in total. The van der Waals surface area contributed by atoms with E-state index in [0.29, 0.717) is 13.2 Å². The molecule has 0 bridgehead atoms. The molecule has 0 aromatic heterocycles. The number of hydrogen-bond acceptors (Lipinski definition) is 4. The first kappa shape index (κ1) is 14.0. The van der Waals surface area contributed by atoms with Crippen LogP contribution < -0.4 is 0 Å². The molecule has 0 rings (SSSR count). The molecule has 0 spiro atoms. The highest BCUT2D eigenvalue weighted by Crippen LogP contribution is 1.96. The number of hydrogen-bond donors (Lipinski definition) is 1. The maximum absolute atomic E-state index is 10.6. The lowest BCUT2D eigenvalue weighted by atomic mass is 10.4. The van der Waals surface area contributed by atoms with Crippen LogP contribution in [0, 0.1) is 0 Å². The Labute approximate surface area is 87.5 Å². The Hall–Kier alpha value is -0.0100. The summed E-state index contributed by atoms with van der Waals surface area (Å²) in [5.74, 6) is 0. The average molecular weight is 224 g/mol. The Bertz CT molecular complexity index is 167. The van der Waals surface area contributed by atoms with Gasteiger partial charge >= 0.3 is 0 Å². The first-order chi connectivity index (χ1) is 6.61. The van der Waals surface area contributed by atoms with Crippen molar-refractivity contribution in [3.63, 3.8) is 0 Å². The molecular weight excluding hydrogens is 206 g/mol. The van der Waals surface area contributed by atoms with Gasteiger partial charge in [-0.05, 0) is 6.42 Å². The minimum Gasteiger partial charge on any atom is -0.760 e. The van der Waals surface area contributed by atoms with Gasteiger partial charge in [-0.15, -0.1) is 0 Å². The van der Waals surface area contributed by atoms with Gasteiger partial charge in [0.2, 0.25) is 0 Å². The van der Waals surface area contributed by atoms with E-state index >= 15 is 0 Å². The van der Waals surface area contributed by atoms with Crippen molar-refractivity contribution < 1.29 is 18.6 Å². The summed E-state index contributed by atoms with van der Waals surface area (Å²) in [6.07, 6.45) is 0.136. The molecule has 0 saturated heterocycles. The number of ether oxygens (including phenoxy) is 1. The summed E-state index contributed by atoms with van der Waals surface area (Å²) in [6.45, 7) is 4.91. The summed E-state index contributed by atoms with van der Waals surface area (Å²) in [7, 11) is 0. The fourth-order valence-corrected chi connectivity index (χ4v) is 1.45. The van der Waals surface area contributed by atoms with E-state index in [1.807, 2.05) is 6.92 Å². The monoisotopic (exact) mass is 224 g/mol. The van der Waals surface area contributed by atoms with Crippen molar-refractivity contribution >= 4 is 11.3 Å². The van der Waals surface area contributed by atoms with E-state index in [9.17, 15) is 13.9 Å². The van der Waals surface area contributed by atoms with Crippen molar-refractivity contribution in [2.24, 2.45) is 0 Å². The summed E-state index contributed by atoms with van der Waals surface area (Å²) in [5.41, 5.74) is 0. The maximum atomic E-state index is 10.6. The van der Waals surface area contributed by atoms with Crippen molar-refractivity contribution in [1.29, 1.82) is 0 Å². The van der Waals surface area contributed by atoms with Gasteiger partial charge in [-0.2, -0.15) is 0 Å². The van der Waals surface area contributed by atoms with E-state index in [1.165, 1.54) is 0 Å². The number of aliphatic hydroxyl groups excluding tert-OH is 1. The molecule has 0 amide bonds. The molecule has 14 heavy (non-hydrogen) atoms. The standard InChI is InChI=1S/C8H19NO4S/c1-3-5-13-7-8(10)6-9(4-2)14(11)12/h8,10H,3-7H2,1-2H3,(H,11,12)/p-1. The lowest BCUT2D eigenvalue weighted by Gasteiger charge is -2.24. The molecule has 6 heteroatoms. The fraction of sp³-hybridized carbons (Fsp3) is 1.00. The van der Waals surface area contributed by atoms with Gasteiger partial charge in [0.15, 0.2) is 0 Å². The Morgan fingerprint density at radius 1 is 1.57 bits per heavy atom. The SMILES string of the molecule is CCCOCC(O)CN(CC)S(=O)[O-]. The molecule has 2 unspecified atom stereocenters. The van der Waals surface area contributed by atoms with Crippen LogP contribution in [0.25, 0.3) is 0 Å². The van der Waals surface area contributed by atoms with Crippen LogP contribution >= 0.6 is 0 Å². The minimum atomic E-state index is -2.26. The minimum absolute atomic E-state index is 0.0936. The second-order valence-electron chi connectivity index (χ2n) is 2.93. The molecule has 0 heterocycles. The third kappa shape index (κ3) is 6.44. The zero-order valence-corrected chi connectivity index (χ0v) is 9.46. The van der Waals surface area contributed by atoms with Crippen molar-refractivity contribution in [1.82, 2.24) is 4.31 Å². The lowest BCUT2D eigenvalue weighted by molar-refractivity contribution is 0.0283. The van der Waals surface area contributed by atoms with Crippen molar-refractivity contribution in [3.05, 3.63) is 0 Å². The van der Waals surface area contributed by atoms with E-state index < -0.39 is 17.4 Å². The van der Waals surface area contributed by atoms with Crippen LogP contribution in [0.3, 0.4) is 0 Å². The first-order valence-corrected chi connectivity index (χ1v) is 5.75. The highest BCUT2D eigenvalue weighted by molar-refractivity contribution is 7.76. The quantitative estimate of drug-likeness (QED) is 0.461. The van der Waals surface area contributed by atoms with Gasteiger partial charge in [0.1, 0.15) is 0 Å². The van der Waals surface area contributed by atoms with Crippen molar-refractivity contribution in [2.75, 3.05) is 26.3 Å². The topological polar surface area (TPSA) is 72.8 Å². The smallest absolute Gasteiger partial charge is 0.0910 e. The molecule has 0 aliphatic heterocycles. The van der Waals surface area contributed by atoms with Gasteiger partial charge in [-0.1, -0.05) is 13.8 Å². The fourth-order valence-electron chi connectivity index (χ4n) is 0.947. The molecule has 0 aliphatic carbocycles. The normalized spacial score (nSPS) is 15.8. The Balaban J connectivity index is 3.67. The van der Waals surface area contributed by atoms with E-state index in [0.717, 1.165) is 10.7 Å². The molecule has 0 aromatic rings. The summed E-state index contributed by atoms with van der Waals surface area (Å²) < 4.78 is 27.4. The van der Waals surface area contributed by atoms with E-state index in [4.69, 9.17) is 4.74 Å². The summed E-state index contributed by atoms with van der Waals surface area (Å²) in [5, 5.41) is 9.39. The zero-order chi connectivity index (χ0) is 11.0. The van der Waals surface area contributed by atoms with Gasteiger partial charge in [0.25, 0.3) is 0 Å². The van der Waals surface area contributed by atoms with Gasteiger partial charge in [0, 0.05) is 31.0 Å². The highest BCUT2D eigenvalue weighted by Gasteiger charge is 2.10. The predicted molar refractivity (Wildman–Crippen MR) is 53.3 cm³/mol. The molecule has 0 aromatic carbocycles. The van der Waals surface area contributed by atoms with E-state index in [-0.39, 0.29) is 13.2 Å². The van der Waals surface area contributed by atoms with Gasteiger partial charge in [0.05, 0.1) is 12.7 Å². The Kier molecular flexibility index (Phi) is 8.30. The largest absolute Gasteiger partial charge is 0.760 e. The second kappa shape index (κ2) is 8.31. The lowest BCUT2D eigenvalue weighted by Crippen LogP contribution is -2.36. The number of nitrogens with zero attached hydrogens (tertiary/aromatic N) is 1. The molecular formula is C8H18NO4S-. The Morgan fingerprint density at radius 3 is 2.64 bits per heavy atom. The van der Waals surface area contributed by atoms with Crippen LogP contribution in [-0.4, -0.2) is 50.6 Å². The van der Waals surface area contributed by atoms with Crippen molar-refractivity contribution in [3.8, 4) is 0 Å². The molecule has 0 saturated carbocycles. The molecule has 0 fully saturated rings. The molecule has 0 aliphatic rings. The van der Waals surface area contributed by atoms with Crippen LogP contribution in [-0.2, 0) is 16.0 Å². The first-order valence-electron chi connectivity index (χ1n) is 4.71. The third-order valence-electron chi connectivity index (χ3n) is 1.64. The van der Waals surface area contributed by atoms with Crippen LogP contribution in [0.1, 0.15) is 20.3 Å². The number of likely N-dealkylation sites (N-methyl/N-ethyl adjacent to an activating group) is 1. The maximum Gasteiger partial charge on any atom is 0.0910 e. The average Bonchev–Trinajstić information content (AvgIpc) is 2.14. The second-order valence-corrected chi connectivity index (χ2v) is 3.88. The molecule has 5 nitrogen and oxygen atoms in total. The molecule has 0 radical (unpaired) electrons. The molecule has 2 atom stereocenters. The van der Waals surface area contributed by atoms with E-state index in [1.54, 1.807) is 6.92 Å². The molecule has 86 valence electrons. The van der Waals surface area contributed by atoms with Gasteiger partial charge < -0.3 is 14.4 Å². The van der Waals surface area contributed by atoms with Crippen LogP contribution in [0.15, 0.2) is 0 Å². The third-order valence-corrected chi connectivity index (χ3v) is 2.47. The summed E-state index contributed by atoms with van der Waals surface area (Å²) in [4.78, 5) is 0. The van der Waals surface area contributed by atoms with Crippen molar-refractivity contribution in [2.45, 2.75) is 26.4 Å². The zero-order valence-electron chi connectivity index (χ0n) is 8.64.